The Hall–Kier alpha value is -2.51. The molecule has 1 N–H and O–H groups in total. The van der Waals surface area contributed by atoms with E-state index in [0.29, 0.717) is 0 Å². The molecule has 0 fully saturated rings. The first-order valence-corrected chi connectivity index (χ1v) is 10.7. The Kier molecular flexibility index (Phi) is 6.59. The van der Waals surface area contributed by atoms with Gasteiger partial charge in [0.25, 0.3) is 0 Å². The number of benzene rings is 2. The second-order valence-electron chi connectivity index (χ2n) is 6.61. The zero-order chi connectivity index (χ0) is 20.1. The molecule has 0 aliphatic heterocycles. The van der Waals surface area contributed by atoms with Crippen molar-refractivity contribution in [2.75, 3.05) is 25.7 Å². The quantitative estimate of drug-likeness (QED) is 0.569. The Morgan fingerprint density at radius 3 is 2.21 bits per heavy atom. The van der Waals surface area contributed by atoms with Crippen LogP contribution in [0.3, 0.4) is 0 Å². The van der Waals surface area contributed by atoms with Crippen molar-refractivity contribution in [3.8, 4) is 11.1 Å². The minimum absolute atomic E-state index is 0.0575. The molecule has 0 bridgehead atoms. The summed E-state index contributed by atoms with van der Waals surface area (Å²) in [6.45, 7) is 0.160. The van der Waals surface area contributed by atoms with Crippen molar-refractivity contribution in [1.82, 2.24) is 5.32 Å². The Balaban J connectivity index is 1.66. The van der Waals surface area contributed by atoms with E-state index < -0.39 is 29.3 Å². The smallest absolute Gasteiger partial charge is 0.407 e. The number of esters is 1. The second-order valence-corrected chi connectivity index (χ2v) is 8.17. The van der Waals surface area contributed by atoms with E-state index in [1.54, 1.807) is 6.26 Å². The van der Waals surface area contributed by atoms with Crippen LogP contribution >= 0.6 is 0 Å². The number of carbonyl (C=O) groups is 2. The number of ether oxygens (including phenoxy) is 2. The number of alkyl carbamates (subject to hydrolysis) is 1. The third kappa shape index (κ3) is 4.48. The fourth-order valence-electron chi connectivity index (χ4n) is 3.46. The lowest BCUT2D eigenvalue weighted by atomic mass is 9.98. The average Bonchev–Trinajstić information content (AvgIpc) is 3.02. The third-order valence-corrected chi connectivity index (χ3v) is 5.63. The van der Waals surface area contributed by atoms with Crippen LogP contribution in [0.1, 0.15) is 23.5 Å². The van der Waals surface area contributed by atoms with Crippen LogP contribution in [0.4, 0.5) is 4.79 Å². The van der Waals surface area contributed by atoms with Crippen LogP contribution in [-0.4, -0.2) is 48.4 Å². The Labute approximate surface area is 167 Å². The molecule has 1 aliphatic rings. The van der Waals surface area contributed by atoms with Crippen LogP contribution in [0.2, 0.25) is 0 Å². The highest BCUT2D eigenvalue weighted by Crippen LogP contribution is 2.44. The van der Waals surface area contributed by atoms with Crippen molar-refractivity contribution >= 4 is 23.2 Å². The van der Waals surface area contributed by atoms with Crippen molar-refractivity contribution < 1.29 is 23.6 Å². The first-order valence-electron chi connectivity index (χ1n) is 9.00. The van der Waals surface area contributed by atoms with Gasteiger partial charge in [-0.05, 0) is 22.3 Å². The molecule has 0 aromatic heterocycles. The zero-order valence-corrected chi connectivity index (χ0v) is 16.7. The third-order valence-electron chi connectivity index (χ3n) is 4.82. The molecule has 2 aromatic rings. The summed E-state index contributed by atoms with van der Waals surface area (Å²) in [7, 11) is 1.25. The molecule has 2 atom stereocenters. The van der Waals surface area contributed by atoms with Gasteiger partial charge in [-0.3, -0.25) is 0 Å². The van der Waals surface area contributed by atoms with Crippen LogP contribution < -0.4 is 5.32 Å². The van der Waals surface area contributed by atoms with Gasteiger partial charge >= 0.3 is 12.1 Å². The number of fused-ring (bicyclic) bond motifs is 3. The molecule has 6 nitrogen and oxygen atoms in total. The van der Waals surface area contributed by atoms with Gasteiger partial charge < -0.3 is 19.3 Å². The lowest BCUT2D eigenvalue weighted by molar-refractivity contribution is -0.143. The summed E-state index contributed by atoms with van der Waals surface area (Å²) in [6, 6.07) is 15.2. The summed E-state index contributed by atoms with van der Waals surface area (Å²) in [5.74, 6) is -0.361. The number of rotatable bonds is 7. The van der Waals surface area contributed by atoms with E-state index in [2.05, 4.69) is 17.4 Å². The van der Waals surface area contributed by atoms with Gasteiger partial charge in [0.05, 0.1) is 13.4 Å². The molecular weight excluding hydrogens is 378 g/mol. The summed E-state index contributed by atoms with van der Waals surface area (Å²) in [6.07, 6.45) is 1.07. The van der Waals surface area contributed by atoms with E-state index in [1.807, 2.05) is 36.4 Å². The Bertz CT molecular complexity index is 809. The second kappa shape index (κ2) is 9.12. The number of hydrogen-bond acceptors (Lipinski definition) is 5. The molecule has 28 heavy (non-hydrogen) atoms. The molecule has 2 aromatic carbocycles. The van der Waals surface area contributed by atoms with Crippen LogP contribution in [0.25, 0.3) is 11.1 Å². The molecule has 0 saturated heterocycles. The SMILES string of the molecule is COC(=O)[C@H](CC[S+](C)[O-])NC(=O)OCC1c2ccccc2-c2ccccc21. The van der Waals surface area contributed by atoms with Crippen LogP contribution in [0.15, 0.2) is 48.5 Å². The molecule has 0 spiro atoms. The summed E-state index contributed by atoms with van der Waals surface area (Å²) >= 11 is -1.07. The van der Waals surface area contributed by atoms with Crippen LogP contribution in [-0.2, 0) is 25.4 Å². The predicted molar refractivity (Wildman–Crippen MR) is 108 cm³/mol. The van der Waals surface area contributed by atoms with Gasteiger partial charge in [-0.25, -0.2) is 9.59 Å². The normalized spacial score (nSPS) is 14.5. The first kappa shape index (κ1) is 20.2. The van der Waals surface area contributed by atoms with Gasteiger partial charge in [0.15, 0.2) is 0 Å². The van der Waals surface area contributed by atoms with Crippen molar-refractivity contribution in [3.05, 3.63) is 59.7 Å². The maximum absolute atomic E-state index is 12.3. The van der Waals surface area contributed by atoms with E-state index >= 15 is 0 Å². The number of hydrogen-bond donors (Lipinski definition) is 1. The van der Waals surface area contributed by atoms with Gasteiger partial charge in [-0.2, -0.15) is 0 Å². The van der Waals surface area contributed by atoms with Gasteiger partial charge in [-0.15, -0.1) is 0 Å². The van der Waals surface area contributed by atoms with Crippen molar-refractivity contribution in [2.24, 2.45) is 0 Å². The van der Waals surface area contributed by atoms with Gasteiger partial charge in [0.1, 0.15) is 18.4 Å². The lowest BCUT2D eigenvalue weighted by Gasteiger charge is -2.18. The van der Waals surface area contributed by atoms with Crippen molar-refractivity contribution in [1.29, 1.82) is 0 Å². The molecule has 3 rings (SSSR count). The Morgan fingerprint density at radius 1 is 1.11 bits per heavy atom. The molecule has 1 aliphatic carbocycles. The predicted octanol–water partition coefficient (Wildman–Crippen LogP) is 2.84. The van der Waals surface area contributed by atoms with E-state index in [-0.39, 0.29) is 24.7 Å². The fourth-order valence-corrected chi connectivity index (χ4v) is 4.02. The molecule has 0 heterocycles. The fraction of sp³-hybridized carbons (Fsp3) is 0.333. The molecule has 0 saturated carbocycles. The summed E-state index contributed by atoms with van der Waals surface area (Å²) < 4.78 is 21.4. The maximum atomic E-state index is 12.3. The standard InChI is InChI=1S/C21H23NO5S/c1-26-20(23)19(11-12-28(2)25)22-21(24)27-13-18-16-9-5-3-7-14(16)15-8-4-6-10-17(15)18/h3-10,18-19H,11-13H2,1-2H3,(H,22,24)/t19-,28?/m0/s1. The van der Waals surface area contributed by atoms with Crippen LogP contribution in [0.5, 0.6) is 0 Å². The Morgan fingerprint density at radius 2 is 1.68 bits per heavy atom. The first-order chi connectivity index (χ1) is 13.5. The van der Waals surface area contributed by atoms with Gasteiger partial charge in [0, 0.05) is 12.3 Å². The highest BCUT2D eigenvalue weighted by atomic mass is 32.2. The molecule has 7 heteroatoms. The van der Waals surface area contributed by atoms with E-state index in [1.165, 1.54) is 7.11 Å². The summed E-state index contributed by atoms with van der Waals surface area (Å²) in [5.41, 5.74) is 4.51. The highest BCUT2D eigenvalue weighted by Gasteiger charge is 2.30. The maximum Gasteiger partial charge on any atom is 0.407 e. The molecule has 1 amide bonds. The molecule has 0 radical (unpaired) electrons. The van der Waals surface area contributed by atoms with Crippen molar-refractivity contribution in [2.45, 2.75) is 18.4 Å². The number of carbonyl (C=O) groups excluding carboxylic acids is 2. The number of methoxy groups -OCH3 is 1. The summed E-state index contributed by atoms with van der Waals surface area (Å²) in [4.78, 5) is 24.1. The van der Waals surface area contributed by atoms with E-state index in [0.717, 1.165) is 22.3 Å². The minimum Gasteiger partial charge on any atom is -0.617 e. The van der Waals surface area contributed by atoms with Gasteiger partial charge in [-0.1, -0.05) is 59.7 Å². The average molecular weight is 401 g/mol. The molecular formula is C21H23NO5S. The lowest BCUT2D eigenvalue weighted by Crippen LogP contribution is -2.43. The summed E-state index contributed by atoms with van der Waals surface area (Å²) in [5, 5.41) is 2.52. The minimum atomic E-state index is -1.07. The number of amides is 1. The molecule has 148 valence electrons. The zero-order valence-electron chi connectivity index (χ0n) is 15.8. The van der Waals surface area contributed by atoms with Crippen LogP contribution in [0, 0.1) is 0 Å². The topological polar surface area (TPSA) is 87.7 Å². The highest BCUT2D eigenvalue weighted by molar-refractivity contribution is 7.90. The monoisotopic (exact) mass is 401 g/mol. The van der Waals surface area contributed by atoms with E-state index in [4.69, 9.17) is 9.47 Å². The molecule has 1 unspecified atom stereocenters. The number of nitrogens with one attached hydrogen (secondary N) is 1. The van der Waals surface area contributed by atoms with E-state index in [9.17, 15) is 14.1 Å². The van der Waals surface area contributed by atoms with Gasteiger partial charge in [0.2, 0.25) is 0 Å². The van der Waals surface area contributed by atoms with Crippen molar-refractivity contribution in [3.63, 3.8) is 0 Å². The largest absolute Gasteiger partial charge is 0.617 e.